The van der Waals surface area contributed by atoms with Gasteiger partial charge in [-0.15, -0.1) is 0 Å². The topological polar surface area (TPSA) is 50.9 Å². The third kappa shape index (κ3) is 2.04. The first-order chi connectivity index (χ1) is 6.75. The van der Waals surface area contributed by atoms with Gasteiger partial charge in [-0.3, -0.25) is 4.98 Å². The monoisotopic (exact) mass is 191 g/mol. The van der Waals surface area contributed by atoms with Gasteiger partial charge in [0.15, 0.2) is 0 Å². The second-order valence-electron chi connectivity index (χ2n) is 4.12. The number of nitrogens with zero attached hydrogens (tertiary/aromatic N) is 1. The normalized spacial score (nSPS) is 25.8. The molecule has 1 aromatic heterocycles. The third-order valence-corrected chi connectivity index (χ3v) is 3.01. The molecule has 0 bridgehead atoms. The quantitative estimate of drug-likeness (QED) is 0.762. The van der Waals surface area contributed by atoms with E-state index >= 15 is 0 Å². The van der Waals surface area contributed by atoms with Crippen LogP contribution in [0.3, 0.4) is 0 Å². The molecular formula is C11H17N3. The summed E-state index contributed by atoms with van der Waals surface area (Å²) in [4.78, 5) is 4.25. The lowest BCUT2D eigenvalue weighted by Crippen LogP contribution is -2.42. The number of hydrogen-bond acceptors (Lipinski definition) is 3. The standard InChI is InChI=1S/C11H17N3/c1-8-2-5-11(8)14-7-10-4-3-9(12)6-13-10/h3-4,6,8,11,14H,2,5,7,12H2,1H3. The first-order valence-corrected chi connectivity index (χ1v) is 5.19. The van der Waals surface area contributed by atoms with E-state index in [1.54, 1.807) is 6.20 Å². The second-order valence-corrected chi connectivity index (χ2v) is 4.12. The van der Waals surface area contributed by atoms with Gasteiger partial charge in [0.25, 0.3) is 0 Å². The van der Waals surface area contributed by atoms with Crippen LogP contribution >= 0.6 is 0 Å². The van der Waals surface area contributed by atoms with E-state index in [0.29, 0.717) is 6.04 Å². The summed E-state index contributed by atoms with van der Waals surface area (Å²) in [5, 5.41) is 3.50. The molecular weight excluding hydrogens is 174 g/mol. The van der Waals surface area contributed by atoms with E-state index in [9.17, 15) is 0 Å². The maximum atomic E-state index is 5.56. The largest absolute Gasteiger partial charge is 0.397 e. The molecule has 0 saturated heterocycles. The number of anilines is 1. The first kappa shape index (κ1) is 9.46. The molecule has 0 amide bonds. The van der Waals surface area contributed by atoms with E-state index in [1.165, 1.54) is 12.8 Å². The Labute approximate surface area is 84.7 Å². The summed E-state index contributed by atoms with van der Waals surface area (Å²) in [5.41, 5.74) is 7.35. The van der Waals surface area contributed by atoms with Gasteiger partial charge in [-0.25, -0.2) is 0 Å². The lowest BCUT2D eigenvalue weighted by Gasteiger charge is -2.34. The van der Waals surface area contributed by atoms with E-state index < -0.39 is 0 Å². The number of pyridine rings is 1. The van der Waals surface area contributed by atoms with E-state index in [4.69, 9.17) is 5.73 Å². The average molecular weight is 191 g/mol. The molecule has 1 fully saturated rings. The van der Waals surface area contributed by atoms with E-state index in [-0.39, 0.29) is 0 Å². The van der Waals surface area contributed by atoms with Crippen molar-refractivity contribution in [3.63, 3.8) is 0 Å². The highest BCUT2D eigenvalue weighted by Crippen LogP contribution is 2.26. The van der Waals surface area contributed by atoms with Crippen molar-refractivity contribution in [2.45, 2.75) is 32.4 Å². The summed E-state index contributed by atoms with van der Waals surface area (Å²) >= 11 is 0. The Morgan fingerprint density at radius 3 is 2.86 bits per heavy atom. The summed E-state index contributed by atoms with van der Waals surface area (Å²) < 4.78 is 0. The fraction of sp³-hybridized carbons (Fsp3) is 0.545. The van der Waals surface area contributed by atoms with Crippen molar-refractivity contribution < 1.29 is 0 Å². The van der Waals surface area contributed by atoms with E-state index in [0.717, 1.165) is 23.8 Å². The molecule has 14 heavy (non-hydrogen) atoms. The van der Waals surface area contributed by atoms with Crippen LogP contribution in [0, 0.1) is 5.92 Å². The summed E-state index contributed by atoms with van der Waals surface area (Å²) in [6, 6.07) is 4.56. The van der Waals surface area contributed by atoms with Crippen LogP contribution in [0.4, 0.5) is 5.69 Å². The van der Waals surface area contributed by atoms with Crippen molar-refractivity contribution in [2.24, 2.45) is 5.92 Å². The molecule has 1 aliphatic rings. The zero-order valence-corrected chi connectivity index (χ0v) is 8.53. The van der Waals surface area contributed by atoms with E-state index in [2.05, 4.69) is 17.2 Å². The maximum Gasteiger partial charge on any atom is 0.0543 e. The average Bonchev–Trinajstić information content (AvgIpc) is 2.19. The van der Waals surface area contributed by atoms with Crippen LogP contribution in [-0.2, 0) is 6.54 Å². The number of nitrogens with two attached hydrogens (primary N) is 1. The molecule has 0 aromatic carbocycles. The van der Waals surface area contributed by atoms with Gasteiger partial charge >= 0.3 is 0 Å². The smallest absolute Gasteiger partial charge is 0.0543 e. The molecule has 1 saturated carbocycles. The summed E-state index contributed by atoms with van der Waals surface area (Å²) in [6.07, 6.45) is 4.37. The highest BCUT2D eigenvalue weighted by atomic mass is 14.9. The fourth-order valence-electron chi connectivity index (χ4n) is 1.75. The van der Waals surface area contributed by atoms with Gasteiger partial charge in [0, 0.05) is 12.6 Å². The minimum Gasteiger partial charge on any atom is -0.397 e. The molecule has 1 aromatic rings. The third-order valence-electron chi connectivity index (χ3n) is 3.01. The predicted octanol–water partition coefficient (Wildman–Crippen LogP) is 1.55. The number of aromatic nitrogens is 1. The van der Waals surface area contributed by atoms with Gasteiger partial charge in [0.2, 0.25) is 0 Å². The second kappa shape index (κ2) is 3.96. The number of rotatable bonds is 3. The van der Waals surface area contributed by atoms with Crippen LogP contribution in [0.15, 0.2) is 18.3 Å². The molecule has 0 aliphatic heterocycles. The Morgan fingerprint density at radius 2 is 2.36 bits per heavy atom. The maximum absolute atomic E-state index is 5.56. The molecule has 2 unspecified atom stereocenters. The van der Waals surface area contributed by atoms with Crippen molar-refractivity contribution in [3.8, 4) is 0 Å². The summed E-state index contributed by atoms with van der Waals surface area (Å²) in [5.74, 6) is 0.823. The zero-order valence-electron chi connectivity index (χ0n) is 8.53. The number of hydrogen-bond donors (Lipinski definition) is 2. The molecule has 1 aliphatic carbocycles. The van der Waals surface area contributed by atoms with E-state index in [1.807, 2.05) is 12.1 Å². The molecule has 3 heteroatoms. The number of nitrogens with one attached hydrogen (secondary N) is 1. The molecule has 76 valence electrons. The summed E-state index contributed by atoms with van der Waals surface area (Å²) in [6.45, 7) is 3.15. The van der Waals surface area contributed by atoms with Crippen LogP contribution < -0.4 is 11.1 Å². The molecule has 3 nitrogen and oxygen atoms in total. The molecule has 3 N–H and O–H groups in total. The van der Waals surface area contributed by atoms with Crippen LogP contribution in [0.5, 0.6) is 0 Å². The Bertz CT molecular complexity index is 294. The first-order valence-electron chi connectivity index (χ1n) is 5.19. The Kier molecular flexibility index (Phi) is 2.68. The molecule has 2 rings (SSSR count). The van der Waals surface area contributed by atoms with Gasteiger partial charge in [-0.1, -0.05) is 6.92 Å². The lowest BCUT2D eigenvalue weighted by molar-refractivity contribution is 0.227. The van der Waals surface area contributed by atoms with Crippen molar-refractivity contribution >= 4 is 5.69 Å². The predicted molar refractivity (Wildman–Crippen MR) is 57.7 cm³/mol. The van der Waals surface area contributed by atoms with Crippen LogP contribution in [-0.4, -0.2) is 11.0 Å². The van der Waals surface area contributed by atoms with Gasteiger partial charge in [-0.2, -0.15) is 0 Å². The highest BCUT2D eigenvalue weighted by molar-refractivity contribution is 5.34. The summed E-state index contributed by atoms with van der Waals surface area (Å²) in [7, 11) is 0. The van der Waals surface area contributed by atoms with Gasteiger partial charge in [0.05, 0.1) is 17.6 Å². The number of nitrogen functional groups attached to an aromatic ring is 1. The van der Waals surface area contributed by atoms with Crippen molar-refractivity contribution in [1.82, 2.24) is 10.3 Å². The highest BCUT2D eigenvalue weighted by Gasteiger charge is 2.25. The van der Waals surface area contributed by atoms with Crippen LogP contribution in [0.25, 0.3) is 0 Å². The SMILES string of the molecule is CC1CCC1NCc1ccc(N)cn1. The van der Waals surface area contributed by atoms with Crippen LogP contribution in [0.1, 0.15) is 25.5 Å². The molecule has 1 heterocycles. The van der Waals surface area contributed by atoms with Crippen molar-refractivity contribution in [3.05, 3.63) is 24.0 Å². The minimum atomic E-state index is 0.689. The minimum absolute atomic E-state index is 0.689. The van der Waals surface area contributed by atoms with Gasteiger partial charge < -0.3 is 11.1 Å². The Balaban J connectivity index is 1.83. The van der Waals surface area contributed by atoms with Crippen molar-refractivity contribution in [2.75, 3.05) is 5.73 Å². The van der Waals surface area contributed by atoms with Crippen LogP contribution in [0.2, 0.25) is 0 Å². The Hall–Kier alpha value is -1.09. The molecule has 2 atom stereocenters. The Morgan fingerprint density at radius 1 is 1.50 bits per heavy atom. The van der Waals surface area contributed by atoms with Crippen molar-refractivity contribution in [1.29, 1.82) is 0 Å². The molecule has 0 spiro atoms. The van der Waals surface area contributed by atoms with Gasteiger partial charge in [0.1, 0.15) is 0 Å². The molecule has 0 radical (unpaired) electrons. The zero-order chi connectivity index (χ0) is 9.97. The van der Waals surface area contributed by atoms with Gasteiger partial charge in [-0.05, 0) is 30.9 Å². The fourth-order valence-corrected chi connectivity index (χ4v) is 1.75. The lowest BCUT2D eigenvalue weighted by atomic mass is 9.81.